The van der Waals surface area contributed by atoms with Crippen LogP contribution in [0.15, 0.2) is 58.6 Å². The Balaban J connectivity index is 1.75. The predicted molar refractivity (Wildman–Crippen MR) is 117 cm³/mol. The summed E-state index contributed by atoms with van der Waals surface area (Å²) in [5, 5.41) is 5.84. The molecule has 0 saturated heterocycles. The molecule has 1 aromatic carbocycles. The van der Waals surface area contributed by atoms with E-state index in [1.54, 1.807) is 16.8 Å². The van der Waals surface area contributed by atoms with Crippen LogP contribution in [-0.4, -0.2) is 40.6 Å². The average Bonchev–Trinajstić information content (AvgIpc) is 3.01. The molecule has 154 valence electrons. The Labute approximate surface area is 181 Å². The zero-order chi connectivity index (χ0) is 21.0. The Kier molecular flexibility index (Phi) is 7.00. The van der Waals surface area contributed by atoms with E-state index in [2.05, 4.69) is 10.1 Å². The largest absolute Gasteiger partial charge is 0.249 e. The van der Waals surface area contributed by atoms with Gasteiger partial charge in [0.05, 0.1) is 16.4 Å². The predicted octanol–water partition coefficient (Wildman–Crippen LogP) is 4.55. The maximum atomic E-state index is 12.6. The molecule has 0 amide bonds. The summed E-state index contributed by atoms with van der Waals surface area (Å²) in [5.74, 6) is 0.590. The first kappa shape index (κ1) is 21.8. The summed E-state index contributed by atoms with van der Waals surface area (Å²) in [7, 11) is -3.50. The molecular weight excluding hydrogens is 428 g/mol. The lowest BCUT2D eigenvalue weighted by molar-refractivity contribution is 0.445. The number of para-hydroxylation sites is 1. The van der Waals surface area contributed by atoms with E-state index in [1.165, 1.54) is 22.3 Å². The van der Waals surface area contributed by atoms with Crippen LogP contribution in [0.25, 0.3) is 5.69 Å². The molecule has 0 aliphatic rings. The van der Waals surface area contributed by atoms with Gasteiger partial charge in [0.2, 0.25) is 10.0 Å². The molecule has 0 N–H and O–H groups in total. The van der Waals surface area contributed by atoms with Gasteiger partial charge in [-0.2, -0.15) is 9.40 Å². The first-order valence-electron chi connectivity index (χ1n) is 9.26. The summed E-state index contributed by atoms with van der Waals surface area (Å²) in [6.07, 6.45) is 1.41. The molecular formula is C20H23ClN4O2S2. The molecule has 0 atom stereocenters. The fourth-order valence-corrected chi connectivity index (χ4v) is 5.65. The summed E-state index contributed by atoms with van der Waals surface area (Å²) < 4.78 is 28.3. The standard InChI is InChI=1S/C20H23ClN4O2S2/c1-4-24(5-2)29(26,27)17-11-12-19(22-13-17)28-14-18-15(3)23-25(20(18)21)16-9-7-6-8-10-16/h6-13H,4-5,14H2,1-3H3. The van der Waals surface area contributed by atoms with E-state index < -0.39 is 10.0 Å². The molecule has 3 rings (SSSR count). The van der Waals surface area contributed by atoms with Crippen molar-refractivity contribution >= 4 is 33.4 Å². The van der Waals surface area contributed by atoms with Gasteiger partial charge in [-0.15, -0.1) is 11.8 Å². The summed E-state index contributed by atoms with van der Waals surface area (Å²) in [6.45, 7) is 6.42. The molecule has 0 saturated carbocycles. The summed E-state index contributed by atoms with van der Waals surface area (Å²) in [5.41, 5.74) is 2.69. The van der Waals surface area contributed by atoms with E-state index in [0.29, 0.717) is 24.0 Å². The number of hydrogen-bond acceptors (Lipinski definition) is 5. The SMILES string of the molecule is CCN(CC)S(=O)(=O)c1ccc(SCc2c(C)nn(-c3ccccc3)c2Cl)nc1. The first-order valence-corrected chi connectivity index (χ1v) is 12.1. The minimum Gasteiger partial charge on any atom is -0.249 e. The molecule has 3 aromatic rings. The van der Waals surface area contributed by atoms with E-state index in [9.17, 15) is 8.42 Å². The molecule has 6 nitrogen and oxygen atoms in total. The molecule has 0 radical (unpaired) electrons. The highest BCUT2D eigenvalue weighted by Crippen LogP contribution is 2.30. The smallest absolute Gasteiger partial charge is 0.244 e. The van der Waals surface area contributed by atoms with Crippen LogP contribution >= 0.6 is 23.4 Å². The normalized spacial score (nSPS) is 11.9. The lowest BCUT2D eigenvalue weighted by Crippen LogP contribution is -2.30. The summed E-state index contributed by atoms with van der Waals surface area (Å²) >= 11 is 8.06. The van der Waals surface area contributed by atoms with Gasteiger partial charge < -0.3 is 0 Å². The highest BCUT2D eigenvalue weighted by molar-refractivity contribution is 7.98. The third kappa shape index (κ3) is 4.66. The molecule has 0 unspecified atom stereocenters. The van der Waals surface area contributed by atoms with Gasteiger partial charge in [-0.3, -0.25) is 0 Å². The zero-order valence-electron chi connectivity index (χ0n) is 16.5. The lowest BCUT2D eigenvalue weighted by Gasteiger charge is -2.18. The fourth-order valence-electron chi connectivity index (χ4n) is 2.90. The van der Waals surface area contributed by atoms with Crippen LogP contribution in [0.3, 0.4) is 0 Å². The number of hydrogen-bond donors (Lipinski definition) is 0. The number of aromatic nitrogens is 3. The summed E-state index contributed by atoms with van der Waals surface area (Å²) in [4.78, 5) is 4.53. The van der Waals surface area contributed by atoms with Gasteiger partial charge in [0.25, 0.3) is 0 Å². The molecule has 0 spiro atoms. The Morgan fingerprint density at radius 3 is 2.38 bits per heavy atom. The molecule has 0 aliphatic heterocycles. The van der Waals surface area contributed by atoms with Crippen LogP contribution in [0.1, 0.15) is 25.1 Å². The molecule has 29 heavy (non-hydrogen) atoms. The number of pyridine rings is 1. The minimum atomic E-state index is -3.50. The highest BCUT2D eigenvalue weighted by Gasteiger charge is 2.22. The van der Waals surface area contributed by atoms with Crippen LogP contribution in [0.2, 0.25) is 5.15 Å². The van der Waals surface area contributed by atoms with Crippen molar-refractivity contribution in [1.29, 1.82) is 0 Å². The molecule has 0 bridgehead atoms. The average molecular weight is 451 g/mol. The first-order chi connectivity index (χ1) is 13.9. The number of benzene rings is 1. The van der Waals surface area contributed by atoms with E-state index in [0.717, 1.165) is 22.0 Å². The van der Waals surface area contributed by atoms with E-state index in [1.807, 2.05) is 51.1 Å². The van der Waals surface area contributed by atoms with Crippen molar-refractivity contribution in [2.45, 2.75) is 36.4 Å². The van der Waals surface area contributed by atoms with Crippen LogP contribution in [0.5, 0.6) is 0 Å². The second-order valence-electron chi connectivity index (χ2n) is 6.31. The lowest BCUT2D eigenvalue weighted by atomic mass is 10.3. The monoisotopic (exact) mass is 450 g/mol. The van der Waals surface area contributed by atoms with Crippen molar-refractivity contribution < 1.29 is 8.42 Å². The second kappa shape index (κ2) is 9.30. The van der Waals surface area contributed by atoms with E-state index >= 15 is 0 Å². The number of aryl methyl sites for hydroxylation is 1. The number of sulfonamides is 1. The van der Waals surface area contributed by atoms with Gasteiger partial charge >= 0.3 is 0 Å². The number of thioether (sulfide) groups is 1. The molecule has 2 heterocycles. The number of nitrogens with zero attached hydrogens (tertiary/aromatic N) is 4. The van der Waals surface area contributed by atoms with Crippen molar-refractivity contribution in [3.8, 4) is 5.69 Å². The Morgan fingerprint density at radius 2 is 1.79 bits per heavy atom. The third-order valence-electron chi connectivity index (χ3n) is 4.54. The molecule has 0 aliphatic carbocycles. The van der Waals surface area contributed by atoms with Gasteiger partial charge in [-0.1, -0.05) is 43.6 Å². The van der Waals surface area contributed by atoms with Crippen LogP contribution in [-0.2, 0) is 15.8 Å². The van der Waals surface area contributed by atoms with Crippen LogP contribution in [0, 0.1) is 6.92 Å². The molecule has 9 heteroatoms. The van der Waals surface area contributed by atoms with E-state index in [-0.39, 0.29) is 4.90 Å². The van der Waals surface area contributed by atoms with Gasteiger partial charge in [0.15, 0.2) is 0 Å². The second-order valence-corrected chi connectivity index (χ2v) is 9.60. The zero-order valence-corrected chi connectivity index (χ0v) is 18.9. The van der Waals surface area contributed by atoms with Crippen molar-refractivity contribution in [2.24, 2.45) is 0 Å². The summed E-state index contributed by atoms with van der Waals surface area (Å²) in [6, 6.07) is 13.1. The van der Waals surface area contributed by atoms with Gasteiger partial charge in [-0.05, 0) is 31.2 Å². The van der Waals surface area contributed by atoms with Crippen LogP contribution < -0.4 is 0 Å². The maximum absolute atomic E-state index is 12.6. The molecule has 2 aromatic heterocycles. The fraction of sp³-hybridized carbons (Fsp3) is 0.300. The minimum absolute atomic E-state index is 0.205. The Hall–Kier alpha value is -1.87. The van der Waals surface area contributed by atoms with Gasteiger partial charge in [0, 0.05) is 30.6 Å². The Morgan fingerprint density at radius 1 is 1.10 bits per heavy atom. The van der Waals surface area contributed by atoms with Gasteiger partial charge in [-0.25, -0.2) is 18.1 Å². The highest BCUT2D eigenvalue weighted by atomic mass is 35.5. The topological polar surface area (TPSA) is 68.1 Å². The number of rotatable bonds is 8. The molecule has 0 fully saturated rings. The Bertz CT molecular complexity index is 1060. The third-order valence-corrected chi connectivity index (χ3v) is 7.93. The van der Waals surface area contributed by atoms with Gasteiger partial charge in [0.1, 0.15) is 10.0 Å². The van der Waals surface area contributed by atoms with Crippen molar-refractivity contribution in [3.63, 3.8) is 0 Å². The van der Waals surface area contributed by atoms with Crippen molar-refractivity contribution in [1.82, 2.24) is 19.1 Å². The van der Waals surface area contributed by atoms with Crippen molar-refractivity contribution in [2.75, 3.05) is 13.1 Å². The number of halogens is 1. The maximum Gasteiger partial charge on any atom is 0.244 e. The quantitative estimate of drug-likeness (QED) is 0.471. The van der Waals surface area contributed by atoms with Crippen LogP contribution in [0.4, 0.5) is 0 Å². The van der Waals surface area contributed by atoms with E-state index in [4.69, 9.17) is 11.6 Å². The van der Waals surface area contributed by atoms with Crippen molar-refractivity contribution in [3.05, 3.63) is 65.1 Å².